The van der Waals surface area contributed by atoms with Gasteiger partial charge >= 0.3 is 0 Å². The van der Waals surface area contributed by atoms with E-state index in [0.29, 0.717) is 0 Å². The van der Waals surface area contributed by atoms with E-state index in [1.807, 2.05) is 0 Å². The summed E-state index contributed by atoms with van der Waals surface area (Å²) in [4.78, 5) is 25.3. The number of nitrogens with two attached hydrogens (primary N) is 1. The molecule has 8 heteroatoms. The zero-order valence-corrected chi connectivity index (χ0v) is 8.95. The molecule has 0 spiro atoms. The van der Waals surface area contributed by atoms with Gasteiger partial charge in [-0.05, 0) is 6.92 Å². The van der Waals surface area contributed by atoms with Crippen molar-refractivity contribution in [2.24, 2.45) is 0 Å². The number of aliphatic hydroxyl groups is 2. The number of nitrogens with one attached hydrogen (secondary N) is 1. The van der Waals surface area contributed by atoms with Crippen molar-refractivity contribution in [2.75, 3.05) is 5.73 Å². The van der Waals surface area contributed by atoms with Crippen LogP contribution in [0.25, 0.3) is 11.2 Å². The van der Waals surface area contributed by atoms with E-state index in [1.54, 1.807) is 0 Å². The van der Waals surface area contributed by atoms with Gasteiger partial charge in [0.25, 0.3) is 5.56 Å². The molecular formula is C9H11N5O3. The second-order valence-corrected chi connectivity index (χ2v) is 3.60. The van der Waals surface area contributed by atoms with E-state index in [-0.39, 0.29) is 22.8 Å². The largest absolute Gasteiger partial charge is 0.390 e. The summed E-state index contributed by atoms with van der Waals surface area (Å²) < 4.78 is 0. The van der Waals surface area contributed by atoms with Crippen molar-refractivity contribution in [1.82, 2.24) is 19.9 Å². The van der Waals surface area contributed by atoms with Crippen LogP contribution in [0.1, 0.15) is 18.7 Å². The molecule has 2 aromatic heterocycles. The van der Waals surface area contributed by atoms with Crippen LogP contribution >= 0.6 is 0 Å². The lowest BCUT2D eigenvalue weighted by atomic mass is 10.2. The van der Waals surface area contributed by atoms with Crippen molar-refractivity contribution < 1.29 is 10.2 Å². The monoisotopic (exact) mass is 237 g/mol. The molecule has 17 heavy (non-hydrogen) atoms. The summed E-state index contributed by atoms with van der Waals surface area (Å²) in [7, 11) is 0. The molecule has 0 radical (unpaired) electrons. The minimum Gasteiger partial charge on any atom is -0.390 e. The fourth-order valence-electron chi connectivity index (χ4n) is 1.34. The summed E-state index contributed by atoms with van der Waals surface area (Å²) in [5, 5.41) is 18.8. The number of aliphatic hydroxyl groups excluding tert-OH is 2. The molecule has 0 aromatic carbocycles. The van der Waals surface area contributed by atoms with Crippen molar-refractivity contribution in [3.63, 3.8) is 0 Å². The van der Waals surface area contributed by atoms with Crippen LogP contribution in [0.5, 0.6) is 0 Å². The van der Waals surface area contributed by atoms with Crippen molar-refractivity contribution in [3.05, 3.63) is 22.2 Å². The number of nitrogens with zero attached hydrogens (tertiary/aromatic N) is 3. The summed E-state index contributed by atoms with van der Waals surface area (Å²) >= 11 is 0. The lowest BCUT2D eigenvalue weighted by molar-refractivity contribution is 0.0278. The van der Waals surface area contributed by atoms with Gasteiger partial charge in [0.1, 0.15) is 6.10 Å². The Bertz CT molecular complexity index is 609. The first-order valence-corrected chi connectivity index (χ1v) is 4.87. The fraction of sp³-hybridized carbons (Fsp3) is 0.333. The highest BCUT2D eigenvalue weighted by atomic mass is 16.3. The van der Waals surface area contributed by atoms with E-state index in [2.05, 4.69) is 19.9 Å². The first-order valence-electron chi connectivity index (χ1n) is 4.87. The van der Waals surface area contributed by atoms with Gasteiger partial charge in [0.15, 0.2) is 11.2 Å². The van der Waals surface area contributed by atoms with Crippen LogP contribution < -0.4 is 11.3 Å². The third-order valence-electron chi connectivity index (χ3n) is 2.21. The molecule has 5 N–H and O–H groups in total. The molecule has 90 valence electrons. The normalized spacial score (nSPS) is 14.8. The predicted octanol–water partition coefficient (Wildman–Crippen LogP) is -1.29. The topological polar surface area (TPSA) is 138 Å². The molecule has 0 aliphatic heterocycles. The van der Waals surface area contributed by atoms with Gasteiger partial charge in [0, 0.05) is 0 Å². The molecule has 2 aromatic rings. The number of hydrogen-bond donors (Lipinski definition) is 4. The summed E-state index contributed by atoms with van der Waals surface area (Å²) in [6.07, 6.45) is -0.975. The maximum atomic E-state index is 11.5. The molecule has 0 saturated heterocycles. The van der Waals surface area contributed by atoms with Gasteiger partial charge in [-0.1, -0.05) is 0 Å². The number of nitrogen functional groups attached to an aromatic ring is 1. The van der Waals surface area contributed by atoms with E-state index in [0.717, 1.165) is 0 Å². The van der Waals surface area contributed by atoms with E-state index >= 15 is 0 Å². The molecule has 2 rings (SSSR count). The van der Waals surface area contributed by atoms with Gasteiger partial charge in [0.2, 0.25) is 5.95 Å². The van der Waals surface area contributed by atoms with Crippen LogP contribution in [0, 0.1) is 0 Å². The molecule has 2 heterocycles. The van der Waals surface area contributed by atoms with Crippen LogP contribution in [0.4, 0.5) is 5.95 Å². The first kappa shape index (κ1) is 11.4. The van der Waals surface area contributed by atoms with E-state index in [4.69, 9.17) is 5.73 Å². The number of hydrogen-bond acceptors (Lipinski definition) is 7. The highest BCUT2D eigenvalue weighted by molar-refractivity contribution is 5.69. The zero-order valence-electron chi connectivity index (χ0n) is 8.95. The lowest BCUT2D eigenvalue weighted by Gasteiger charge is -2.12. The molecule has 0 bridgehead atoms. The molecule has 0 aliphatic carbocycles. The molecule has 0 saturated carbocycles. The quantitative estimate of drug-likeness (QED) is 0.509. The van der Waals surface area contributed by atoms with Gasteiger partial charge in [-0.2, -0.15) is 4.98 Å². The van der Waals surface area contributed by atoms with E-state index in [1.165, 1.54) is 13.1 Å². The molecule has 0 fully saturated rings. The third kappa shape index (κ3) is 2.08. The van der Waals surface area contributed by atoms with Gasteiger partial charge in [-0.3, -0.25) is 9.78 Å². The summed E-state index contributed by atoms with van der Waals surface area (Å²) in [6, 6.07) is 0. The average molecular weight is 237 g/mol. The average Bonchev–Trinajstić information content (AvgIpc) is 2.27. The summed E-state index contributed by atoms with van der Waals surface area (Å²) in [5.74, 6) is -0.0550. The maximum Gasteiger partial charge on any atom is 0.280 e. The van der Waals surface area contributed by atoms with Crippen molar-refractivity contribution in [2.45, 2.75) is 19.1 Å². The minimum absolute atomic E-state index is 0.0311. The smallest absolute Gasteiger partial charge is 0.280 e. The Labute approximate surface area is 95.2 Å². The Morgan fingerprint density at radius 1 is 1.41 bits per heavy atom. The maximum absolute atomic E-state index is 11.5. The van der Waals surface area contributed by atoms with Gasteiger partial charge in [-0.15, -0.1) is 0 Å². The molecule has 8 nitrogen and oxygen atoms in total. The zero-order chi connectivity index (χ0) is 12.6. The number of fused-ring (bicyclic) bond motifs is 1. The number of H-pyrrole nitrogens is 1. The SMILES string of the molecule is C[C@@H](O)[C@H](O)c1cnc2nc(N)[nH]c(=O)c2n1. The lowest BCUT2D eigenvalue weighted by Crippen LogP contribution is -2.18. The molecule has 0 amide bonds. The molecule has 0 unspecified atom stereocenters. The van der Waals surface area contributed by atoms with Crippen LogP contribution in [-0.4, -0.2) is 36.3 Å². The highest BCUT2D eigenvalue weighted by Crippen LogP contribution is 2.14. The highest BCUT2D eigenvalue weighted by Gasteiger charge is 2.17. The Kier molecular flexibility index (Phi) is 2.74. The summed E-state index contributed by atoms with van der Waals surface area (Å²) in [6.45, 7) is 1.40. The van der Waals surface area contributed by atoms with E-state index < -0.39 is 17.8 Å². The van der Waals surface area contributed by atoms with Gasteiger partial charge in [0.05, 0.1) is 18.0 Å². The number of aromatic nitrogens is 4. The third-order valence-corrected chi connectivity index (χ3v) is 2.21. The minimum atomic E-state index is -1.20. The van der Waals surface area contributed by atoms with Crippen LogP contribution in [-0.2, 0) is 0 Å². The molecule has 2 atom stereocenters. The molecule has 0 aliphatic rings. The number of anilines is 1. The Morgan fingerprint density at radius 2 is 2.12 bits per heavy atom. The van der Waals surface area contributed by atoms with Crippen molar-refractivity contribution >= 4 is 17.1 Å². The van der Waals surface area contributed by atoms with Crippen LogP contribution in [0.15, 0.2) is 11.0 Å². The fourth-order valence-corrected chi connectivity index (χ4v) is 1.34. The van der Waals surface area contributed by atoms with Gasteiger partial charge in [-0.25, -0.2) is 9.97 Å². The summed E-state index contributed by atoms with van der Waals surface area (Å²) in [5.41, 5.74) is 4.97. The number of rotatable bonds is 2. The predicted molar refractivity (Wildman–Crippen MR) is 59.0 cm³/mol. The first-order chi connectivity index (χ1) is 7.99. The second-order valence-electron chi connectivity index (χ2n) is 3.60. The Hall–Kier alpha value is -2.06. The Balaban J connectivity index is 2.62. The number of aromatic amines is 1. The second kappa shape index (κ2) is 4.07. The van der Waals surface area contributed by atoms with E-state index in [9.17, 15) is 15.0 Å². The Morgan fingerprint density at radius 3 is 2.76 bits per heavy atom. The standard InChI is InChI=1S/C9H11N5O3/c1-3(15)6(16)4-2-11-7-5(12-4)8(17)14-9(10)13-7/h2-3,6,15-16H,1H3,(H3,10,11,13,14,17)/t3-,6+/m1/s1. The van der Waals surface area contributed by atoms with Crippen molar-refractivity contribution in [1.29, 1.82) is 0 Å². The van der Waals surface area contributed by atoms with Crippen LogP contribution in [0.2, 0.25) is 0 Å². The van der Waals surface area contributed by atoms with Crippen molar-refractivity contribution in [3.8, 4) is 0 Å². The molecular weight excluding hydrogens is 226 g/mol. The van der Waals surface area contributed by atoms with Gasteiger partial charge < -0.3 is 15.9 Å². The van der Waals surface area contributed by atoms with Crippen LogP contribution in [0.3, 0.4) is 0 Å².